The van der Waals surface area contributed by atoms with Gasteiger partial charge in [0.15, 0.2) is 0 Å². The quantitative estimate of drug-likeness (QED) is 0.582. The number of carbonyl (C=O) groups is 4. The number of hydrogen-bond acceptors (Lipinski definition) is 5. The predicted molar refractivity (Wildman–Crippen MR) is 106 cm³/mol. The maximum absolute atomic E-state index is 13.0. The van der Waals surface area contributed by atoms with E-state index in [2.05, 4.69) is 10.6 Å². The minimum Gasteiger partial charge on any atom is -0.380 e. The summed E-state index contributed by atoms with van der Waals surface area (Å²) in [6.45, 7) is 0.457. The fourth-order valence-corrected chi connectivity index (χ4v) is 3.78. The van der Waals surface area contributed by atoms with Gasteiger partial charge in [-0.05, 0) is 29.7 Å². The van der Waals surface area contributed by atoms with Gasteiger partial charge in [-0.25, -0.2) is 0 Å². The van der Waals surface area contributed by atoms with Crippen LogP contribution in [-0.4, -0.2) is 34.6 Å². The molecular weight excluding hydrogens is 394 g/mol. The van der Waals surface area contributed by atoms with Gasteiger partial charge in [0.05, 0.1) is 11.1 Å². The molecule has 0 saturated carbocycles. The van der Waals surface area contributed by atoms with E-state index in [1.807, 2.05) is 24.3 Å². The lowest BCUT2D eigenvalue weighted by Crippen LogP contribution is -2.54. The number of halogens is 1. The predicted octanol–water partition coefficient (Wildman–Crippen LogP) is 2.44. The Hall–Kier alpha value is -3.19. The molecule has 2 aromatic carbocycles. The van der Waals surface area contributed by atoms with Gasteiger partial charge in [0.2, 0.25) is 11.8 Å². The Balaban J connectivity index is 1.57. The number of anilines is 1. The molecule has 1 saturated heterocycles. The van der Waals surface area contributed by atoms with Gasteiger partial charge in [-0.1, -0.05) is 30.3 Å². The van der Waals surface area contributed by atoms with E-state index in [0.29, 0.717) is 18.1 Å². The van der Waals surface area contributed by atoms with E-state index in [9.17, 15) is 19.2 Å². The first-order valence-corrected chi connectivity index (χ1v) is 9.75. The molecular formula is C21H18ClN3O4. The highest BCUT2D eigenvalue weighted by Gasteiger charge is 2.45. The molecule has 29 heavy (non-hydrogen) atoms. The fraction of sp³-hybridized carbons (Fsp3) is 0.238. The van der Waals surface area contributed by atoms with Crippen LogP contribution in [0.2, 0.25) is 0 Å². The highest BCUT2D eigenvalue weighted by molar-refractivity contribution is 6.25. The molecule has 4 rings (SSSR count). The molecule has 1 fully saturated rings. The summed E-state index contributed by atoms with van der Waals surface area (Å²) < 4.78 is 0. The maximum atomic E-state index is 13.0. The summed E-state index contributed by atoms with van der Waals surface area (Å²) in [5.74, 6) is -1.63. The van der Waals surface area contributed by atoms with Crippen LogP contribution in [0, 0.1) is 0 Å². The Labute approximate surface area is 172 Å². The number of nitrogens with one attached hydrogen (secondary N) is 2. The summed E-state index contributed by atoms with van der Waals surface area (Å²) in [5, 5.41) is 5.40. The Bertz CT molecular complexity index is 1020. The molecule has 2 N–H and O–H groups in total. The molecule has 2 aliphatic rings. The summed E-state index contributed by atoms with van der Waals surface area (Å²) >= 11 is 5.81. The second-order valence-electron chi connectivity index (χ2n) is 6.98. The van der Waals surface area contributed by atoms with Crippen molar-refractivity contribution in [3.05, 3.63) is 64.7 Å². The van der Waals surface area contributed by atoms with Crippen molar-refractivity contribution in [1.82, 2.24) is 10.2 Å². The number of alkyl halides is 1. The molecule has 1 atom stereocenters. The molecule has 0 radical (unpaired) electrons. The number of rotatable bonds is 5. The molecule has 0 bridgehead atoms. The zero-order valence-corrected chi connectivity index (χ0v) is 16.2. The highest BCUT2D eigenvalue weighted by atomic mass is 35.5. The zero-order valence-electron chi connectivity index (χ0n) is 15.4. The van der Waals surface area contributed by atoms with Gasteiger partial charge in [-0.15, -0.1) is 11.6 Å². The number of benzene rings is 2. The second kappa shape index (κ2) is 7.67. The number of amides is 4. The van der Waals surface area contributed by atoms with Crippen molar-refractivity contribution < 1.29 is 19.2 Å². The third kappa shape index (κ3) is 3.49. The molecule has 148 valence electrons. The summed E-state index contributed by atoms with van der Waals surface area (Å²) in [4.78, 5) is 50.4. The first-order valence-electron chi connectivity index (χ1n) is 9.22. The Morgan fingerprint density at radius 3 is 2.41 bits per heavy atom. The van der Waals surface area contributed by atoms with Crippen LogP contribution in [0.25, 0.3) is 0 Å². The van der Waals surface area contributed by atoms with E-state index >= 15 is 0 Å². The molecule has 1 unspecified atom stereocenters. The first kappa shape index (κ1) is 19.1. The van der Waals surface area contributed by atoms with Gasteiger partial charge in [0, 0.05) is 24.5 Å². The van der Waals surface area contributed by atoms with Crippen LogP contribution in [0.4, 0.5) is 5.69 Å². The highest BCUT2D eigenvalue weighted by Crippen LogP contribution is 2.32. The first-order chi connectivity index (χ1) is 14.0. The van der Waals surface area contributed by atoms with Crippen LogP contribution in [0.5, 0.6) is 0 Å². The largest absolute Gasteiger partial charge is 0.380 e. The zero-order chi connectivity index (χ0) is 20.5. The van der Waals surface area contributed by atoms with Crippen molar-refractivity contribution in [1.29, 1.82) is 0 Å². The van der Waals surface area contributed by atoms with Gasteiger partial charge >= 0.3 is 0 Å². The van der Waals surface area contributed by atoms with Gasteiger partial charge in [0.1, 0.15) is 6.04 Å². The summed E-state index contributed by atoms with van der Waals surface area (Å²) in [6, 6.07) is 11.8. The molecule has 7 nitrogen and oxygen atoms in total. The number of imide groups is 2. The van der Waals surface area contributed by atoms with E-state index in [1.54, 1.807) is 18.2 Å². The molecule has 0 spiro atoms. The van der Waals surface area contributed by atoms with Crippen molar-refractivity contribution in [2.24, 2.45) is 0 Å². The van der Waals surface area contributed by atoms with E-state index in [4.69, 9.17) is 11.6 Å². The summed E-state index contributed by atoms with van der Waals surface area (Å²) in [7, 11) is 0. The maximum Gasteiger partial charge on any atom is 0.264 e. The number of carbonyl (C=O) groups excluding carboxylic acids is 4. The van der Waals surface area contributed by atoms with E-state index < -0.39 is 29.7 Å². The Morgan fingerprint density at radius 2 is 1.72 bits per heavy atom. The van der Waals surface area contributed by atoms with Crippen LogP contribution in [0.15, 0.2) is 42.5 Å². The van der Waals surface area contributed by atoms with Gasteiger partial charge in [-0.3, -0.25) is 29.4 Å². The van der Waals surface area contributed by atoms with Crippen LogP contribution >= 0.6 is 11.6 Å². The van der Waals surface area contributed by atoms with Crippen LogP contribution in [0.1, 0.15) is 44.7 Å². The van der Waals surface area contributed by atoms with E-state index in [0.717, 1.165) is 16.0 Å². The number of hydrogen-bond donors (Lipinski definition) is 2. The van der Waals surface area contributed by atoms with Crippen molar-refractivity contribution in [2.45, 2.75) is 31.3 Å². The summed E-state index contributed by atoms with van der Waals surface area (Å²) in [6.07, 6.45) is 0.221. The van der Waals surface area contributed by atoms with E-state index in [1.165, 1.54) is 0 Å². The lowest BCUT2D eigenvalue weighted by atomic mass is 10.0. The van der Waals surface area contributed by atoms with E-state index in [-0.39, 0.29) is 24.0 Å². The Morgan fingerprint density at radius 1 is 1.00 bits per heavy atom. The lowest BCUT2D eigenvalue weighted by molar-refractivity contribution is -0.136. The number of fused-ring (bicyclic) bond motifs is 1. The van der Waals surface area contributed by atoms with Crippen molar-refractivity contribution in [3.8, 4) is 0 Å². The fourth-order valence-electron chi connectivity index (χ4n) is 3.61. The lowest BCUT2D eigenvalue weighted by Gasteiger charge is -2.27. The summed E-state index contributed by atoms with van der Waals surface area (Å²) in [5.41, 5.74) is 3.03. The minimum atomic E-state index is -0.976. The van der Waals surface area contributed by atoms with Crippen molar-refractivity contribution in [3.63, 3.8) is 0 Å². The third-order valence-electron chi connectivity index (χ3n) is 5.13. The van der Waals surface area contributed by atoms with Gasteiger partial charge in [-0.2, -0.15) is 0 Å². The molecule has 2 aliphatic heterocycles. The number of piperidine rings is 1. The average Bonchev–Trinajstić information content (AvgIpc) is 2.98. The monoisotopic (exact) mass is 411 g/mol. The Kier molecular flexibility index (Phi) is 5.07. The minimum absolute atomic E-state index is 0.0905. The topological polar surface area (TPSA) is 95.6 Å². The van der Waals surface area contributed by atoms with Gasteiger partial charge in [0.25, 0.3) is 11.8 Å². The van der Waals surface area contributed by atoms with Crippen molar-refractivity contribution in [2.75, 3.05) is 5.32 Å². The normalized spacial score (nSPS) is 18.7. The average molecular weight is 412 g/mol. The second-order valence-corrected chi connectivity index (χ2v) is 7.25. The SMILES string of the molecule is O=C1CCC(N2C(=O)c3cccc(NCc4ccc(CCl)cc4)c3C2=O)C(=O)N1. The molecule has 4 amide bonds. The molecule has 2 heterocycles. The standard InChI is InChI=1S/C21H18ClN3O4/c22-10-12-4-6-13(7-5-12)11-23-15-3-1-2-14-18(15)21(29)25(20(14)28)16-8-9-17(26)24-19(16)27/h1-7,16,23H,8-11H2,(H,24,26,27). The number of nitrogens with zero attached hydrogens (tertiary/aromatic N) is 1. The molecule has 2 aromatic rings. The van der Waals surface area contributed by atoms with Crippen molar-refractivity contribution >= 4 is 40.9 Å². The molecule has 8 heteroatoms. The molecule has 0 aromatic heterocycles. The van der Waals surface area contributed by atoms with Crippen LogP contribution < -0.4 is 10.6 Å². The third-order valence-corrected chi connectivity index (χ3v) is 5.44. The molecule has 0 aliphatic carbocycles. The van der Waals surface area contributed by atoms with Crippen LogP contribution in [-0.2, 0) is 22.0 Å². The smallest absolute Gasteiger partial charge is 0.264 e. The van der Waals surface area contributed by atoms with Gasteiger partial charge < -0.3 is 5.32 Å². The van der Waals surface area contributed by atoms with Crippen LogP contribution in [0.3, 0.4) is 0 Å².